The lowest BCUT2D eigenvalue weighted by atomic mass is 10.1. The van der Waals surface area contributed by atoms with E-state index < -0.39 is 16.7 Å². The van der Waals surface area contributed by atoms with E-state index in [1.807, 2.05) is 0 Å². The number of halogens is 3. The zero-order chi connectivity index (χ0) is 21.9. The number of amides is 1. The summed E-state index contributed by atoms with van der Waals surface area (Å²) in [6, 6.07) is 7.79. The molecule has 1 N–H and O–H groups in total. The van der Waals surface area contributed by atoms with Gasteiger partial charge in [0, 0.05) is 18.2 Å². The smallest absolute Gasteiger partial charge is 0.358 e. The van der Waals surface area contributed by atoms with Crippen LogP contribution in [0.1, 0.15) is 23.2 Å². The van der Waals surface area contributed by atoms with Crippen LogP contribution in [0.4, 0.5) is 24.8 Å². The Morgan fingerprint density at radius 3 is 2.67 bits per heavy atom. The number of nitro groups is 1. The van der Waals surface area contributed by atoms with Crippen LogP contribution in [0.5, 0.6) is 0 Å². The van der Waals surface area contributed by atoms with Crippen molar-refractivity contribution >= 4 is 17.5 Å². The number of nitrogens with one attached hydrogen (secondary N) is 1. The van der Waals surface area contributed by atoms with E-state index in [-0.39, 0.29) is 37.1 Å². The van der Waals surface area contributed by atoms with E-state index in [4.69, 9.17) is 0 Å². The zero-order valence-electron chi connectivity index (χ0n) is 15.8. The van der Waals surface area contributed by atoms with Crippen LogP contribution in [0.2, 0.25) is 0 Å². The molecule has 0 spiro atoms. The van der Waals surface area contributed by atoms with Crippen molar-refractivity contribution in [3.05, 3.63) is 69.5 Å². The first kappa shape index (κ1) is 21.0. The summed E-state index contributed by atoms with van der Waals surface area (Å²) in [4.78, 5) is 22.1. The van der Waals surface area contributed by atoms with E-state index in [1.54, 1.807) is 19.1 Å². The third kappa shape index (κ3) is 5.21. The topological polar surface area (TPSA) is 108 Å². The van der Waals surface area contributed by atoms with Gasteiger partial charge in [0.1, 0.15) is 0 Å². The Hall–Kier alpha value is -3.70. The predicted octanol–water partition coefficient (Wildman–Crippen LogP) is 3.39. The van der Waals surface area contributed by atoms with Gasteiger partial charge in [0.05, 0.1) is 36.0 Å². The van der Waals surface area contributed by atoms with Gasteiger partial charge in [0.15, 0.2) is 5.82 Å². The fourth-order valence-corrected chi connectivity index (χ4v) is 2.74. The number of hydrogen-bond acceptors (Lipinski definition) is 5. The SMILES string of the molecule is Cc1cc(NC(=O)CCn2ccc([N+](=O)[O-])n2)nn1Cc1cccc(C(F)(F)F)c1. The van der Waals surface area contributed by atoms with E-state index in [0.717, 1.165) is 12.1 Å². The largest absolute Gasteiger partial charge is 0.416 e. The van der Waals surface area contributed by atoms with Crippen LogP contribution in [0, 0.1) is 17.0 Å². The number of benzene rings is 1. The number of alkyl halides is 3. The molecule has 0 aliphatic heterocycles. The van der Waals surface area contributed by atoms with Gasteiger partial charge in [-0.1, -0.05) is 12.1 Å². The predicted molar refractivity (Wildman–Crippen MR) is 99.6 cm³/mol. The van der Waals surface area contributed by atoms with Crippen molar-refractivity contribution in [3.63, 3.8) is 0 Å². The van der Waals surface area contributed by atoms with Crippen LogP contribution in [0.3, 0.4) is 0 Å². The normalized spacial score (nSPS) is 11.5. The van der Waals surface area contributed by atoms with Gasteiger partial charge in [-0.2, -0.15) is 23.0 Å². The Morgan fingerprint density at radius 2 is 2.00 bits per heavy atom. The zero-order valence-corrected chi connectivity index (χ0v) is 15.8. The summed E-state index contributed by atoms with van der Waals surface area (Å²) in [5.74, 6) is -0.424. The highest BCUT2D eigenvalue weighted by molar-refractivity contribution is 5.89. The van der Waals surface area contributed by atoms with E-state index in [9.17, 15) is 28.1 Å². The number of anilines is 1. The molecule has 0 bridgehead atoms. The van der Waals surface area contributed by atoms with Crippen LogP contribution in [0.15, 0.2) is 42.6 Å². The molecule has 9 nitrogen and oxygen atoms in total. The molecule has 158 valence electrons. The first-order chi connectivity index (χ1) is 14.1. The number of nitrogens with zero attached hydrogens (tertiary/aromatic N) is 5. The summed E-state index contributed by atoms with van der Waals surface area (Å²) < 4.78 is 41.4. The lowest BCUT2D eigenvalue weighted by Crippen LogP contribution is -2.15. The second-order valence-electron chi connectivity index (χ2n) is 6.52. The highest BCUT2D eigenvalue weighted by atomic mass is 19.4. The van der Waals surface area contributed by atoms with Crippen molar-refractivity contribution in [2.24, 2.45) is 0 Å². The van der Waals surface area contributed by atoms with Crippen LogP contribution in [0.25, 0.3) is 0 Å². The molecule has 2 aromatic heterocycles. The first-order valence-corrected chi connectivity index (χ1v) is 8.80. The summed E-state index contributed by atoms with van der Waals surface area (Å²) in [6.45, 7) is 1.98. The van der Waals surface area contributed by atoms with Gasteiger partial charge in [0.2, 0.25) is 5.91 Å². The van der Waals surface area contributed by atoms with Gasteiger partial charge >= 0.3 is 12.0 Å². The van der Waals surface area contributed by atoms with Crippen LogP contribution in [-0.4, -0.2) is 30.4 Å². The molecule has 0 saturated heterocycles. The van der Waals surface area contributed by atoms with Crippen molar-refractivity contribution < 1.29 is 22.9 Å². The molecular weight excluding hydrogens is 405 g/mol. The molecule has 3 rings (SSSR count). The number of aryl methyl sites for hydroxylation is 2. The lowest BCUT2D eigenvalue weighted by Gasteiger charge is -2.09. The first-order valence-electron chi connectivity index (χ1n) is 8.80. The van der Waals surface area contributed by atoms with Crippen LogP contribution >= 0.6 is 0 Å². The number of aromatic nitrogens is 4. The van der Waals surface area contributed by atoms with Gasteiger partial charge in [-0.15, -0.1) is 0 Å². The minimum absolute atomic E-state index is 0.0123. The minimum Gasteiger partial charge on any atom is -0.358 e. The second-order valence-corrected chi connectivity index (χ2v) is 6.52. The molecule has 0 radical (unpaired) electrons. The minimum atomic E-state index is -4.43. The number of carbonyl (C=O) groups is 1. The fraction of sp³-hybridized carbons (Fsp3) is 0.278. The Labute approximate surface area is 168 Å². The standard InChI is InChI=1S/C18H17F3N6O3/c1-12-9-15(22-17(28)6-8-25-7-5-16(24-25)27(29)30)23-26(12)11-13-3-2-4-14(10-13)18(19,20)21/h2-5,7,9-10H,6,8,11H2,1H3,(H,22,23,28). The van der Waals surface area contributed by atoms with Crippen molar-refractivity contribution in [1.82, 2.24) is 19.6 Å². The number of carbonyl (C=O) groups excluding carboxylic acids is 1. The third-order valence-electron chi connectivity index (χ3n) is 4.22. The summed E-state index contributed by atoms with van der Waals surface area (Å²) in [5.41, 5.74) is 0.344. The van der Waals surface area contributed by atoms with Gasteiger partial charge in [-0.25, -0.2) is 0 Å². The van der Waals surface area contributed by atoms with Crippen molar-refractivity contribution in [1.29, 1.82) is 0 Å². The molecule has 0 atom stereocenters. The molecule has 1 aromatic carbocycles. The molecule has 30 heavy (non-hydrogen) atoms. The average Bonchev–Trinajstić information content (AvgIpc) is 3.27. The maximum atomic E-state index is 12.9. The average molecular weight is 422 g/mol. The van der Waals surface area contributed by atoms with Crippen molar-refractivity contribution in [3.8, 4) is 0 Å². The molecule has 0 saturated carbocycles. The summed E-state index contributed by atoms with van der Waals surface area (Å²) >= 11 is 0. The molecule has 0 aliphatic carbocycles. The van der Waals surface area contributed by atoms with Crippen LogP contribution < -0.4 is 5.32 Å². The number of hydrogen-bond donors (Lipinski definition) is 1. The van der Waals surface area contributed by atoms with Gasteiger partial charge in [0.25, 0.3) is 0 Å². The second kappa shape index (κ2) is 8.35. The highest BCUT2D eigenvalue weighted by Gasteiger charge is 2.30. The Kier molecular flexibility index (Phi) is 5.85. The summed E-state index contributed by atoms with van der Waals surface area (Å²) in [5, 5.41) is 21.1. The quantitative estimate of drug-likeness (QED) is 0.464. The number of rotatable bonds is 7. The maximum Gasteiger partial charge on any atom is 0.416 e. The van der Waals surface area contributed by atoms with Gasteiger partial charge < -0.3 is 15.4 Å². The third-order valence-corrected chi connectivity index (χ3v) is 4.22. The van der Waals surface area contributed by atoms with E-state index >= 15 is 0 Å². The van der Waals surface area contributed by atoms with Gasteiger partial charge in [-0.3, -0.25) is 9.48 Å². The summed E-state index contributed by atoms with van der Waals surface area (Å²) in [6.07, 6.45) is -3.01. The monoisotopic (exact) mass is 422 g/mol. The Morgan fingerprint density at radius 1 is 1.23 bits per heavy atom. The maximum absolute atomic E-state index is 12.9. The Bertz CT molecular complexity index is 1070. The van der Waals surface area contributed by atoms with Gasteiger partial charge in [-0.05, 0) is 29.5 Å². The van der Waals surface area contributed by atoms with Crippen molar-refractivity contribution in [2.75, 3.05) is 5.32 Å². The lowest BCUT2D eigenvalue weighted by molar-refractivity contribution is -0.389. The summed E-state index contributed by atoms with van der Waals surface area (Å²) in [7, 11) is 0. The molecule has 12 heteroatoms. The van der Waals surface area contributed by atoms with E-state index in [1.165, 1.54) is 27.7 Å². The molecule has 0 aliphatic rings. The van der Waals surface area contributed by atoms with Crippen LogP contribution in [-0.2, 0) is 24.1 Å². The Balaban J connectivity index is 1.60. The highest BCUT2D eigenvalue weighted by Crippen LogP contribution is 2.29. The molecule has 1 amide bonds. The molecule has 0 fully saturated rings. The van der Waals surface area contributed by atoms with Crippen molar-refractivity contribution in [2.45, 2.75) is 32.6 Å². The molecule has 3 aromatic rings. The molecular formula is C18H17F3N6O3. The molecule has 2 heterocycles. The van der Waals surface area contributed by atoms with E-state index in [2.05, 4.69) is 15.5 Å². The fourth-order valence-electron chi connectivity index (χ4n) is 2.74. The molecule has 0 unspecified atom stereocenters. The van der Waals surface area contributed by atoms with E-state index in [0.29, 0.717) is 11.3 Å².